The van der Waals surface area contributed by atoms with Gasteiger partial charge in [0.2, 0.25) is 0 Å². The maximum absolute atomic E-state index is 13.4. The zero-order valence-corrected chi connectivity index (χ0v) is 20.1. The molecule has 0 atom stereocenters. The van der Waals surface area contributed by atoms with Gasteiger partial charge in [0.15, 0.2) is 5.75 Å². The van der Waals surface area contributed by atoms with E-state index in [-0.39, 0.29) is 23.0 Å². The van der Waals surface area contributed by atoms with E-state index in [0.717, 1.165) is 10.5 Å². The number of ether oxygens (including phenoxy) is 1. The average molecular weight is 544 g/mol. The average Bonchev–Trinajstić information content (AvgIpc) is 2.77. The van der Waals surface area contributed by atoms with Crippen LogP contribution in [0.4, 0.5) is 14.9 Å². The van der Waals surface area contributed by atoms with E-state index in [1.807, 2.05) is 6.92 Å². The van der Waals surface area contributed by atoms with Crippen LogP contribution in [0, 0.1) is 12.7 Å². The van der Waals surface area contributed by atoms with Gasteiger partial charge in [-0.05, 0) is 76.5 Å². The third-order valence-electron chi connectivity index (χ3n) is 5.00. The Labute approximate surface area is 208 Å². The van der Waals surface area contributed by atoms with Gasteiger partial charge in [0.25, 0.3) is 11.8 Å². The van der Waals surface area contributed by atoms with Crippen molar-refractivity contribution in [2.75, 3.05) is 4.90 Å². The Bertz CT molecular complexity index is 1320. The van der Waals surface area contributed by atoms with E-state index >= 15 is 0 Å². The molecule has 4 amide bonds. The fourth-order valence-corrected chi connectivity index (χ4v) is 4.32. The largest absolute Gasteiger partial charge is 0.486 e. The fraction of sp³-hybridized carbons (Fsp3) is 0.0800. The maximum atomic E-state index is 13.4. The summed E-state index contributed by atoms with van der Waals surface area (Å²) >= 11 is 9.76. The van der Waals surface area contributed by atoms with Gasteiger partial charge >= 0.3 is 6.03 Å². The number of halogens is 3. The second kappa shape index (κ2) is 9.79. The summed E-state index contributed by atoms with van der Waals surface area (Å²) in [5.41, 5.74) is 2.13. The highest BCUT2D eigenvalue weighted by atomic mass is 79.9. The highest BCUT2D eigenvalue weighted by Gasteiger charge is 2.36. The van der Waals surface area contributed by atoms with Gasteiger partial charge in [0.1, 0.15) is 18.0 Å². The van der Waals surface area contributed by atoms with Crippen molar-refractivity contribution in [3.8, 4) is 5.75 Å². The lowest BCUT2D eigenvalue weighted by atomic mass is 10.1. The summed E-state index contributed by atoms with van der Waals surface area (Å²) in [6.45, 7) is 1.97. The number of benzene rings is 3. The lowest BCUT2D eigenvalue weighted by Crippen LogP contribution is -2.54. The first-order valence-electron chi connectivity index (χ1n) is 10.1. The lowest BCUT2D eigenvalue weighted by molar-refractivity contribution is -0.122. The van der Waals surface area contributed by atoms with Crippen molar-refractivity contribution >= 4 is 57.1 Å². The van der Waals surface area contributed by atoms with E-state index in [9.17, 15) is 18.8 Å². The highest BCUT2D eigenvalue weighted by molar-refractivity contribution is 9.10. The van der Waals surface area contributed by atoms with E-state index in [1.165, 1.54) is 24.3 Å². The molecule has 6 nitrogen and oxygen atoms in total. The van der Waals surface area contributed by atoms with Gasteiger partial charge in [-0.2, -0.15) is 0 Å². The summed E-state index contributed by atoms with van der Waals surface area (Å²) in [6.07, 6.45) is 1.35. The molecule has 34 heavy (non-hydrogen) atoms. The molecule has 3 aromatic carbocycles. The van der Waals surface area contributed by atoms with Gasteiger partial charge in [0.05, 0.1) is 15.2 Å². The number of hydrogen-bond donors (Lipinski definition) is 1. The van der Waals surface area contributed by atoms with Crippen LogP contribution in [-0.4, -0.2) is 17.8 Å². The number of hydrogen-bond acceptors (Lipinski definition) is 4. The first kappa shape index (κ1) is 23.7. The van der Waals surface area contributed by atoms with E-state index in [4.69, 9.17) is 16.3 Å². The smallest absolute Gasteiger partial charge is 0.335 e. The predicted octanol–water partition coefficient (Wildman–Crippen LogP) is 5.80. The predicted molar refractivity (Wildman–Crippen MR) is 130 cm³/mol. The topological polar surface area (TPSA) is 75.7 Å². The molecule has 172 valence electrons. The van der Waals surface area contributed by atoms with Crippen LogP contribution in [0.2, 0.25) is 5.02 Å². The van der Waals surface area contributed by atoms with Crippen LogP contribution in [0.1, 0.15) is 16.7 Å². The third kappa shape index (κ3) is 5.03. The zero-order valence-electron chi connectivity index (χ0n) is 17.8. The SMILES string of the molecule is Cc1ccc(N2C(=O)NC(=O)/C(=C\c3cc(Cl)c(OCc4cccc(F)c4)c(Br)c3)C2=O)cc1. The van der Waals surface area contributed by atoms with Crippen LogP contribution >= 0.6 is 27.5 Å². The number of amides is 4. The minimum atomic E-state index is -0.823. The molecule has 1 saturated heterocycles. The quantitative estimate of drug-likeness (QED) is 0.326. The molecule has 1 aliphatic rings. The third-order valence-corrected chi connectivity index (χ3v) is 5.87. The van der Waals surface area contributed by atoms with Gasteiger partial charge < -0.3 is 4.74 Å². The van der Waals surface area contributed by atoms with Gasteiger partial charge in [-0.1, -0.05) is 41.4 Å². The maximum Gasteiger partial charge on any atom is 0.335 e. The summed E-state index contributed by atoms with van der Waals surface area (Å²) in [6, 6.07) is 15.1. The van der Waals surface area contributed by atoms with Crippen molar-refractivity contribution < 1.29 is 23.5 Å². The first-order valence-corrected chi connectivity index (χ1v) is 11.2. The highest BCUT2D eigenvalue weighted by Crippen LogP contribution is 2.36. The zero-order chi connectivity index (χ0) is 24.4. The van der Waals surface area contributed by atoms with Crippen molar-refractivity contribution in [3.05, 3.63) is 98.2 Å². The Kier molecular flexibility index (Phi) is 6.81. The van der Waals surface area contributed by atoms with Crippen LogP contribution in [0.25, 0.3) is 6.08 Å². The van der Waals surface area contributed by atoms with Crippen LogP contribution in [-0.2, 0) is 16.2 Å². The summed E-state index contributed by atoms with van der Waals surface area (Å²) in [5.74, 6) is -1.61. The number of urea groups is 1. The van der Waals surface area contributed by atoms with Crippen LogP contribution in [0.3, 0.4) is 0 Å². The van der Waals surface area contributed by atoms with Crippen molar-refractivity contribution in [2.45, 2.75) is 13.5 Å². The lowest BCUT2D eigenvalue weighted by Gasteiger charge is -2.26. The van der Waals surface area contributed by atoms with Crippen LogP contribution < -0.4 is 15.0 Å². The minimum Gasteiger partial charge on any atom is -0.486 e. The van der Waals surface area contributed by atoms with Crippen molar-refractivity contribution in [1.29, 1.82) is 0 Å². The number of nitrogens with zero attached hydrogens (tertiary/aromatic N) is 1. The minimum absolute atomic E-state index is 0.0883. The number of aryl methyl sites for hydroxylation is 1. The van der Waals surface area contributed by atoms with E-state index in [2.05, 4.69) is 21.2 Å². The molecule has 0 spiro atoms. The Balaban J connectivity index is 1.60. The molecule has 0 aromatic heterocycles. The molecule has 3 aromatic rings. The van der Waals surface area contributed by atoms with Gasteiger partial charge in [-0.3, -0.25) is 14.9 Å². The second-order valence-electron chi connectivity index (χ2n) is 7.53. The van der Waals surface area contributed by atoms with Crippen molar-refractivity contribution in [2.24, 2.45) is 0 Å². The first-order chi connectivity index (χ1) is 16.2. The van der Waals surface area contributed by atoms with Crippen LogP contribution in [0.5, 0.6) is 5.75 Å². The standard InChI is InChI=1S/C25H17BrClFN2O4/c1-14-5-7-18(8-6-14)30-24(32)19(23(31)29-25(30)33)10-16-11-20(26)22(21(27)12-16)34-13-15-3-2-4-17(28)9-15/h2-12H,13H2,1H3,(H,29,31,33)/b19-10+. The second-order valence-corrected chi connectivity index (χ2v) is 8.79. The number of imide groups is 2. The number of carbonyl (C=O) groups excluding carboxylic acids is 3. The molecule has 0 radical (unpaired) electrons. The normalized spacial score (nSPS) is 15.0. The van der Waals surface area contributed by atoms with Gasteiger partial charge in [-0.15, -0.1) is 0 Å². The molecule has 0 saturated carbocycles. The number of carbonyl (C=O) groups is 3. The molecule has 0 bridgehead atoms. The van der Waals surface area contributed by atoms with E-state index in [1.54, 1.807) is 42.5 Å². The Morgan fingerprint density at radius 3 is 2.50 bits per heavy atom. The number of nitrogens with one attached hydrogen (secondary N) is 1. The van der Waals surface area contributed by atoms with Gasteiger partial charge in [0, 0.05) is 0 Å². The fourth-order valence-electron chi connectivity index (χ4n) is 3.34. The molecule has 1 fully saturated rings. The Hall–Kier alpha value is -3.49. The molecule has 1 aliphatic heterocycles. The monoisotopic (exact) mass is 542 g/mol. The summed E-state index contributed by atoms with van der Waals surface area (Å²) in [4.78, 5) is 38.7. The van der Waals surface area contributed by atoms with Gasteiger partial charge in [-0.25, -0.2) is 14.1 Å². The summed E-state index contributed by atoms with van der Waals surface area (Å²) in [5, 5.41) is 2.40. The molecule has 0 unspecified atom stereocenters. The van der Waals surface area contributed by atoms with Crippen molar-refractivity contribution in [1.82, 2.24) is 5.32 Å². The van der Waals surface area contributed by atoms with Crippen LogP contribution in [0.15, 0.2) is 70.7 Å². The molecular weight excluding hydrogens is 527 g/mol. The Morgan fingerprint density at radius 2 is 1.82 bits per heavy atom. The molecule has 1 N–H and O–H groups in total. The molecular formula is C25H17BrClFN2O4. The number of anilines is 1. The molecule has 9 heteroatoms. The molecule has 1 heterocycles. The van der Waals surface area contributed by atoms with E-state index in [0.29, 0.717) is 27.0 Å². The molecule has 4 rings (SSSR count). The summed E-state index contributed by atoms with van der Waals surface area (Å²) in [7, 11) is 0. The summed E-state index contributed by atoms with van der Waals surface area (Å²) < 4.78 is 19.6. The van der Waals surface area contributed by atoms with E-state index < -0.39 is 17.8 Å². The van der Waals surface area contributed by atoms with Crippen molar-refractivity contribution in [3.63, 3.8) is 0 Å². The Morgan fingerprint density at radius 1 is 1.09 bits per heavy atom. The molecule has 0 aliphatic carbocycles. The number of barbiturate groups is 1. The number of rotatable bonds is 5.